The molecule has 138 valence electrons. The van der Waals surface area contributed by atoms with E-state index < -0.39 is 11.9 Å². The zero-order chi connectivity index (χ0) is 18.8. The minimum atomic E-state index is -0.850. The van der Waals surface area contributed by atoms with E-state index in [0.29, 0.717) is 30.0 Å². The van der Waals surface area contributed by atoms with Gasteiger partial charge in [-0.15, -0.1) is 0 Å². The van der Waals surface area contributed by atoms with E-state index in [0.717, 1.165) is 11.4 Å². The van der Waals surface area contributed by atoms with Crippen LogP contribution in [0.25, 0.3) is 5.69 Å². The largest absolute Gasteiger partial charge is 0.481 e. The molecular weight excluding hydrogens is 354 g/mol. The molecule has 7 heteroatoms. The number of carbonyl (C=O) groups excluding carboxylic acids is 1. The van der Waals surface area contributed by atoms with Gasteiger partial charge in [0.1, 0.15) is 0 Å². The molecule has 2 unspecified atom stereocenters. The highest BCUT2D eigenvalue weighted by molar-refractivity contribution is 6.32. The lowest BCUT2D eigenvalue weighted by Crippen LogP contribution is -2.45. The fourth-order valence-electron chi connectivity index (χ4n) is 3.59. The highest BCUT2D eigenvalue weighted by atomic mass is 35.5. The standard InChI is InChI=1S/C19H22ClN3O3/c1-3-16-14(9-21-23(16)17-7-5-4-6-15(17)20)18(24)22-10-12(2)8-13(11-22)19(25)26/h4-7,9,12-13H,3,8,10-11H2,1-2H3,(H,25,26). The minimum absolute atomic E-state index is 0.150. The summed E-state index contributed by atoms with van der Waals surface area (Å²) in [6, 6.07) is 7.34. The maximum absolute atomic E-state index is 13.1. The molecule has 3 rings (SSSR count). The maximum Gasteiger partial charge on any atom is 0.308 e. The van der Waals surface area contributed by atoms with Gasteiger partial charge in [0.2, 0.25) is 0 Å². The first-order valence-electron chi connectivity index (χ1n) is 8.76. The number of aromatic nitrogens is 2. The SMILES string of the molecule is CCc1c(C(=O)N2CC(C)CC(C(=O)O)C2)cnn1-c1ccccc1Cl. The lowest BCUT2D eigenvalue weighted by atomic mass is 9.90. The smallest absolute Gasteiger partial charge is 0.308 e. The van der Waals surface area contributed by atoms with Crippen LogP contribution >= 0.6 is 11.6 Å². The zero-order valence-electron chi connectivity index (χ0n) is 14.9. The number of hydrogen-bond donors (Lipinski definition) is 1. The van der Waals surface area contributed by atoms with E-state index in [1.54, 1.807) is 21.8 Å². The Morgan fingerprint density at radius 2 is 2.04 bits per heavy atom. The lowest BCUT2D eigenvalue weighted by Gasteiger charge is -2.34. The van der Waals surface area contributed by atoms with Crippen molar-refractivity contribution in [3.8, 4) is 5.69 Å². The second-order valence-electron chi connectivity index (χ2n) is 6.81. The first-order chi connectivity index (χ1) is 12.4. The van der Waals surface area contributed by atoms with Crippen molar-refractivity contribution in [2.75, 3.05) is 13.1 Å². The fraction of sp³-hybridized carbons (Fsp3) is 0.421. The number of benzene rings is 1. The van der Waals surface area contributed by atoms with Crippen molar-refractivity contribution in [1.82, 2.24) is 14.7 Å². The second-order valence-corrected chi connectivity index (χ2v) is 7.22. The van der Waals surface area contributed by atoms with Gasteiger partial charge in [-0.05, 0) is 30.9 Å². The summed E-state index contributed by atoms with van der Waals surface area (Å²) < 4.78 is 1.69. The second kappa shape index (κ2) is 7.50. The molecule has 1 aliphatic rings. The van der Waals surface area contributed by atoms with Crippen molar-refractivity contribution < 1.29 is 14.7 Å². The molecule has 1 fully saturated rings. The van der Waals surface area contributed by atoms with E-state index in [-0.39, 0.29) is 18.4 Å². The van der Waals surface area contributed by atoms with Crippen LogP contribution in [-0.2, 0) is 11.2 Å². The van der Waals surface area contributed by atoms with Gasteiger partial charge in [0.15, 0.2) is 0 Å². The number of halogens is 1. The monoisotopic (exact) mass is 375 g/mol. The van der Waals surface area contributed by atoms with Gasteiger partial charge in [0.25, 0.3) is 5.91 Å². The number of para-hydroxylation sites is 1. The molecule has 1 amide bonds. The van der Waals surface area contributed by atoms with Crippen LogP contribution in [0.4, 0.5) is 0 Å². The van der Waals surface area contributed by atoms with Gasteiger partial charge >= 0.3 is 5.97 Å². The summed E-state index contributed by atoms with van der Waals surface area (Å²) >= 11 is 6.28. The molecule has 0 radical (unpaired) electrons. The summed E-state index contributed by atoms with van der Waals surface area (Å²) in [5.74, 6) is -1.39. The van der Waals surface area contributed by atoms with Gasteiger partial charge in [-0.1, -0.05) is 37.6 Å². The molecular formula is C19H22ClN3O3. The average molecular weight is 376 g/mol. The molecule has 1 saturated heterocycles. The van der Waals surface area contributed by atoms with Gasteiger partial charge in [-0.2, -0.15) is 5.10 Å². The molecule has 6 nitrogen and oxygen atoms in total. The van der Waals surface area contributed by atoms with E-state index in [2.05, 4.69) is 5.10 Å². The molecule has 1 N–H and O–H groups in total. The Balaban J connectivity index is 1.93. The first kappa shape index (κ1) is 18.5. The Morgan fingerprint density at radius 3 is 2.69 bits per heavy atom. The predicted molar refractivity (Wildman–Crippen MR) is 98.8 cm³/mol. The number of carboxylic acid groups (broad SMARTS) is 1. The zero-order valence-corrected chi connectivity index (χ0v) is 15.6. The van der Waals surface area contributed by atoms with Gasteiger partial charge in [0.05, 0.1) is 34.1 Å². The number of nitrogens with zero attached hydrogens (tertiary/aromatic N) is 3. The van der Waals surface area contributed by atoms with E-state index in [9.17, 15) is 14.7 Å². The third kappa shape index (κ3) is 3.46. The number of piperidine rings is 1. The van der Waals surface area contributed by atoms with E-state index in [1.165, 1.54) is 0 Å². The van der Waals surface area contributed by atoms with Crippen molar-refractivity contribution in [3.63, 3.8) is 0 Å². The van der Waals surface area contributed by atoms with Crippen LogP contribution in [0.1, 0.15) is 36.3 Å². The number of amides is 1. The highest BCUT2D eigenvalue weighted by Gasteiger charge is 2.33. The molecule has 2 aromatic rings. The molecule has 0 saturated carbocycles. The third-order valence-corrected chi connectivity index (χ3v) is 5.13. The van der Waals surface area contributed by atoms with E-state index in [4.69, 9.17) is 11.6 Å². The number of carboxylic acids is 1. The summed E-state index contributed by atoms with van der Waals surface area (Å²) in [4.78, 5) is 26.1. The quantitative estimate of drug-likeness (QED) is 0.889. The summed E-state index contributed by atoms with van der Waals surface area (Å²) in [7, 11) is 0. The molecule has 1 aliphatic heterocycles. The molecule has 26 heavy (non-hydrogen) atoms. The van der Waals surface area contributed by atoms with Crippen molar-refractivity contribution in [1.29, 1.82) is 0 Å². The van der Waals surface area contributed by atoms with Gasteiger partial charge in [-0.3, -0.25) is 9.59 Å². The molecule has 0 aliphatic carbocycles. The van der Waals surface area contributed by atoms with Crippen molar-refractivity contribution in [2.45, 2.75) is 26.7 Å². The van der Waals surface area contributed by atoms with Gasteiger partial charge < -0.3 is 10.0 Å². The third-order valence-electron chi connectivity index (χ3n) is 4.81. The molecule has 0 bridgehead atoms. The van der Waals surface area contributed by atoms with E-state index in [1.807, 2.05) is 32.0 Å². The van der Waals surface area contributed by atoms with Crippen LogP contribution in [0.2, 0.25) is 5.02 Å². The fourth-order valence-corrected chi connectivity index (χ4v) is 3.81. The highest BCUT2D eigenvalue weighted by Crippen LogP contribution is 2.26. The molecule has 2 heterocycles. The predicted octanol–water partition coefficient (Wildman–Crippen LogP) is 3.27. The Morgan fingerprint density at radius 1 is 1.31 bits per heavy atom. The average Bonchev–Trinajstić information content (AvgIpc) is 3.04. The molecule has 1 aromatic carbocycles. The lowest BCUT2D eigenvalue weighted by molar-refractivity contribution is -0.143. The number of carbonyl (C=O) groups is 2. The number of aliphatic carboxylic acids is 1. The van der Waals surface area contributed by atoms with Crippen LogP contribution in [0.5, 0.6) is 0 Å². The minimum Gasteiger partial charge on any atom is -0.481 e. The van der Waals surface area contributed by atoms with Crippen molar-refractivity contribution >= 4 is 23.5 Å². The number of rotatable bonds is 4. The topological polar surface area (TPSA) is 75.4 Å². The van der Waals surface area contributed by atoms with Crippen LogP contribution in [0, 0.1) is 11.8 Å². The molecule has 2 atom stereocenters. The van der Waals surface area contributed by atoms with E-state index >= 15 is 0 Å². The van der Waals surface area contributed by atoms with Crippen LogP contribution in [0.3, 0.4) is 0 Å². The Labute approximate surface area is 157 Å². The van der Waals surface area contributed by atoms with Gasteiger partial charge in [0, 0.05) is 13.1 Å². The molecule has 0 spiro atoms. The number of likely N-dealkylation sites (tertiary alicyclic amines) is 1. The maximum atomic E-state index is 13.1. The molecule has 1 aromatic heterocycles. The summed E-state index contributed by atoms with van der Waals surface area (Å²) in [5.41, 5.74) is 2.00. The van der Waals surface area contributed by atoms with Crippen molar-refractivity contribution in [2.24, 2.45) is 11.8 Å². The van der Waals surface area contributed by atoms with Crippen LogP contribution in [-0.4, -0.2) is 44.8 Å². The van der Waals surface area contributed by atoms with Gasteiger partial charge in [-0.25, -0.2) is 4.68 Å². The van der Waals surface area contributed by atoms with Crippen LogP contribution in [0.15, 0.2) is 30.5 Å². The number of hydrogen-bond acceptors (Lipinski definition) is 3. The Kier molecular flexibility index (Phi) is 5.32. The summed E-state index contributed by atoms with van der Waals surface area (Å²) in [6.07, 6.45) is 2.76. The van der Waals surface area contributed by atoms with Crippen LogP contribution < -0.4 is 0 Å². The Bertz CT molecular complexity index is 833. The Hall–Kier alpha value is -2.34. The van der Waals surface area contributed by atoms with Crippen molar-refractivity contribution in [3.05, 3.63) is 46.7 Å². The summed E-state index contributed by atoms with van der Waals surface area (Å²) in [5, 5.41) is 14.3. The first-order valence-corrected chi connectivity index (χ1v) is 9.14. The normalized spacial score (nSPS) is 20.2. The summed E-state index contributed by atoms with van der Waals surface area (Å²) in [6.45, 7) is 4.73.